The Kier molecular flexibility index (Phi) is 4.25. The smallest absolute Gasteiger partial charge is 0.255 e. The van der Waals surface area contributed by atoms with Crippen LogP contribution in [-0.4, -0.2) is 41.6 Å². The van der Waals surface area contributed by atoms with E-state index in [1.54, 1.807) is 4.90 Å². The zero-order valence-electron chi connectivity index (χ0n) is 10.4. The average Bonchev–Trinajstić information content (AvgIpc) is 2.39. The number of nitrogens with zero attached hydrogens (tertiary/aromatic N) is 2. The number of ether oxygens (including phenoxy) is 1. The summed E-state index contributed by atoms with van der Waals surface area (Å²) in [7, 11) is 0. The maximum Gasteiger partial charge on any atom is 0.255 e. The highest BCUT2D eigenvalue weighted by Crippen LogP contribution is 2.15. The minimum atomic E-state index is -0.572. The SMILES string of the molecule is CCOC1CCCN(C(=O)c2ccc(F)nc2)C1. The molecule has 0 N–H and O–H groups in total. The fourth-order valence-corrected chi connectivity index (χ4v) is 2.18. The van der Waals surface area contributed by atoms with Crippen molar-refractivity contribution in [1.82, 2.24) is 9.88 Å². The molecule has 98 valence electrons. The van der Waals surface area contributed by atoms with Crippen molar-refractivity contribution >= 4 is 5.91 Å². The van der Waals surface area contributed by atoms with Gasteiger partial charge in [-0.05, 0) is 31.9 Å². The highest BCUT2D eigenvalue weighted by molar-refractivity contribution is 5.93. The molecule has 5 heteroatoms. The predicted molar refractivity (Wildman–Crippen MR) is 64.7 cm³/mol. The van der Waals surface area contributed by atoms with E-state index in [1.807, 2.05) is 6.92 Å². The molecule has 1 atom stereocenters. The number of halogens is 1. The summed E-state index contributed by atoms with van der Waals surface area (Å²) < 4.78 is 18.2. The lowest BCUT2D eigenvalue weighted by Gasteiger charge is -2.32. The van der Waals surface area contributed by atoms with E-state index in [1.165, 1.54) is 18.3 Å². The topological polar surface area (TPSA) is 42.4 Å². The quantitative estimate of drug-likeness (QED) is 0.771. The van der Waals surface area contributed by atoms with Gasteiger partial charge in [0.2, 0.25) is 5.95 Å². The molecule has 0 aliphatic carbocycles. The highest BCUT2D eigenvalue weighted by Gasteiger charge is 2.24. The Morgan fingerprint density at radius 2 is 2.44 bits per heavy atom. The number of aromatic nitrogens is 1. The van der Waals surface area contributed by atoms with Crippen LogP contribution in [0.15, 0.2) is 18.3 Å². The van der Waals surface area contributed by atoms with Crippen LogP contribution in [0.3, 0.4) is 0 Å². The number of pyridine rings is 1. The summed E-state index contributed by atoms with van der Waals surface area (Å²) in [6, 6.07) is 2.67. The van der Waals surface area contributed by atoms with Crippen LogP contribution in [0.4, 0.5) is 4.39 Å². The van der Waals surface area contributed by atoms with Crippen molar-refractivity contribution in [3.05, 3.63) is 29.8 Å². The summed E-state index contributed by atoms with van der Waals surface area (Å²) in [4.78, 5) is 17.4. The number of likely N-dealkylation sites (tertiary alicyclic amines) is 1. The van der Waals surface area contributed by atoms with E-state index in [2.05, 4.69) is 4.98 Å². The lowest BCUT2D eigenvalue weighted by atomic mass is 10.1. The van der Waals surface area contributed by atoms with E-state index < -0.39 is 5.95 Å². The number of hydrogen-bond acceptors (Lipinski definition) is 3. The monoisotopic (exact) mass is 252 g/mol. The Morgan fingerprint density at radius 3 is 3.11 bits per heavy atom. The molecule has 0 aromatic carbocycles. The molecule has 0 radical (unpaired) electrons. The summed E-state index contributed by atoms with van der Waals surface area (Å²) in [5.41, 5.74) is 0.425. The Bertz CT molecular complexity index is 406. The van der Waals surface area contributed by atoms with Gasteiger partial charge in [-0.3, -0.25) is 4.79 Å². The summed E-state index contributed by atoms with van der Waals surface area (Å²) in [6.45, 7) is 3.93. The normalized spacial score (nSPS) is 19.9. The maximum atomic E-state index is 12.7. The van der Waals surface area contributed by atoms with Crippen LogP contribution in [0, 0.1) is 5.95 Å². The van der Waals surface area contributed by atoms with Crippen LogP contribution in [-0.2, 0) is 4.74 Å². The zero-order chi connectivity index (χ0) is 13.0. The van der Waals surface area contributed by atoms with Gasteiger partial charge in [0.25, 0.3) is 5.91 Å². The van der Waals surface area contributed by atoms with Crippen molar-refractivity contribution in [1.29, 1.82) is 0 Å². The molecule has 0 bridgehead atoms. The van der Waals surface area contributed by atoms with Crippen LogP contribution in [0.1, 0.15) is 30.1 Å². The van der Waals surface area contributed by atoms with Crippen LogP contribution in [0.5, 0.6) is 0 Å². The molecule has 1 unspecified atom stereocenters. The first-order valence-corrected chi connectivity index (χ1v) is 6.23. The second-order valence-electron chi connectivity index (χ2n) is 4.34. The van der Waals surface area contributed by atoms with E-state index in [9.17, 15) is 9.18 Å². The first kappa shape index (κ1) is 13.0. The van der Waals surface area contributed by atoms with Crippen LogP contribution in [0.25, 0.3) is 0 Å². The third kappa shape index (κ3) is 3.04. The number of rotatable bonds is 3. The number of piperidine rings is 1. The third-order valence-corrected chi connectivity index (χ3v) is 3.04. The molecule has 1 amide bonds. The second kappa shape index (κ2) is 5.91. The lowest BCUT2D eigenvalue weighted by molar-refractivity contribution is 0.00722. The number of carbonyl (C=O) groups is 1. The van der Waals surface area contributed by atoms with Crippen molar-refractivity contribution in [3.8, 4) is 0 Å². The van der Waals surface area contributed by atoms with Crippen molar-refractivity contribution in [2.75, 3.05) is 19.7 Å². The first-order valence-electron chi connectivity index (χ1n) is 6.23. The van der Waals surface area contributed by atoms with Crippen LogP contribution >= 0.6 is 0 Å². The summed E-state index contributed by atoms with van der Waals surface area (Å²) in [5, 5.41) is 0. The van der Waals surface area contributed by atoms with Gasteiger partial charge in [0.05, 0.1) is 11.7 Å². The van der Waals surface area contributed by atoms with Gasteiger partial charge < -0.3 is 9.64 Å². The van der Waals surface area contributed by atoms with Crippen LogP contribution < -0.4 is 0 Å². The molecule has 2 rings (SSSR count). The average molecular weight is 252 g/mol. The summed E-state index contributed by atoms with van der Waals surface area (Å²) >= 11 is 0. The molecular formula is C13H17FN2O2. The molecule has 1 aromatic rings. The molecule has 4 nitrogen and oxygen atoms in total. The molecular weight excluding hydrogens is 235 g/mol. The van der Waals surface area contributed by atoms with Gasteiger partial charge >= 0.3 is 0 Å². The van der Waals surface area contributed by atoms with Crippen molar-refractivity contribution < 1.29 is 13.9 Å². The second-order valence-corrected chi connectivity index (χ2v) is 4.34. The molecule has 1 fully saturated rings. The molecule has 1 aromatic heterocycles. The number of hydrogen-bond donors (Lipinski definition) is 0. The van der Waals surface area contributed by atoms with Crippen molar-refractivity contribution in [2.45, 2.75) is 25.9 Å². The Morgan fingerprint density at radius 1 is 1.61 bits per heavy atom. The minimum Gasteiger partial charge on any atom is -0.377 e. The van der Waals surface area contributed by atoms with Gasteiger partial charge in [0.1, 0.15) is 0 Å². The Balaban J connectivity index is 2.02. The van der Waals surface area contributed by atoms with E-state index in [-0.39, 0.29) is 12.0 Å². The zero-order valence-corrected chi connectivity index (χ0v) is 10.4. The van der Waals surface area contributed by atoms with E-state index in [0.29, 0.717) is 18.7 Å². The predicted octanol–water partition coefficient (Wildman–Crippen LogP) is 1.86. The maximum absolute atomic E-state index is 12.7. The molecule has 1 saturated heterocycles. The molecule has 0 saturated carbocycles. The van der Waals surface area contributed by atoms with Gasteiger partial charge in [-0.25, -0.2) is 4.98 Å². The van der Waals surface area contributed by atoms with Gasteiger partial charge in [-0.2, -0.15) is 4.39 Å². The van der Waals surface area contributed by atoms with E-state index in [0.717, 1.165) is 19.4 Å². The highest BCUT2D eigenvalue weighted by atomic mass is 19.1. The summed E-state index contributed by atoms with van der Waals surface area (Å²) in [6.07, 6.45) is 3.31. The van der Waals surface area contributed by atoms with Crippen molar-refractivity contribution in [3.63, 3.8) is 0 Å². The Hall–Kier alpha value is -1.49. The molecule has 0 spiro atoms. The number of carbonyl (C=O) groups excluding carboxylic acids is 1. The van der Waals surface area contributed by atoms with Crippen molar-refractivity contribution in [2.24, 2.45) is 0 Å². The van der Waals surface area contributed by atoms with Crippen LogP contribution in [0.2, 0.25) is 0 Å². The molecule has 1 aliphatic rings. The molecule has 18 heavy (non-hydrogen) atoms. The largest absolute Gasteiger partial charge is 0.377 e. The Labute approximate surface area is 106 Å². The first-order chi connectivity index (χ1) is 8.70. The van der Waals surface area contributed by atoms with E-state index in [4.69, 9.17) is 4.74 Å². The fraction of sp³-hybridized carbons (Fsp3) is 0.538. The summed E-state index contributed by atoms with van der Waals surface area (Å²) in [5.74, 6) is -0.677. The molecule has 1 aliphatic heterocycles. The number of amides is 1. The van der Waals surface area contributed by atoms with Gasteiger partial charge in [0.15, 0.2) is 0 Å². The third-order valence-electron chi connectivity index (χ3n) is 3.04. The van der Waals surface area contributed by atoms with E-state index >= 15 is 0 Å². The molecule has 2 heterocycles. The minimum absolute atomic E-state index is 0.105. The van der Waals surface area contributed by atoms with Gasteiger partial charge in [-0.1, -0.05) is 0 Å². The van der Waals surface area contributed by atoms with Gasteiger partial charge in [-0.15, -0.1) is 0 Å². The van der Waals surface area contributed by atoms with Gasteiger partial charge in [0, 0.05) is 25.9 Å². The fourth-order valence-electron chi connectivity index (χ4n) is 2.18. The standard InChI is InChI=1S/C13H17FN2O2/c1-2-18-11-4-3-7-16(9-11)13(17)10-5-6-12(14)15-8-10/h5-6,8,11H,2-4,7,9H2,1H3. The lowest BCUT2D eigenvalue weighted by Crippen LogP contribution is -2.43.